The maximum Gasteiger partial charge on any atom is 0.126 e. The Labute approximate surface area is 127 Å². The highest BCUT2D eigenvalue weighted by molar-refractivity contribution is 5.33. The van der Waals surface area contributed by atoms with E-state index in [1.165, 1.54) is 12.1 Å². The zero-order valence-electron chi connectivity index (χ0n) is 13.5. The van der Waals surface area contributed by atoms with Crippen LogP contribution in [0.4, 0.5) is 4.39 Å². The van der Waals surface area contributed by atoms with Crippen LogP contribution >= 0.6 is 0 Å². The molecule has 0 spiro atoms. The van der Waals surface area contributed by atoms with Crippen molar-refractivity contribution in [2.75, 3.05) is 0 Å². The minimum atomic E-state index is -0.462. The Morgan fingerprint density at radius 1 is 1.33 bits per heavy atom. The Balaban J connectivity index is 2.12. The number of hydrogen-bond acceptors (Lipinski definition) is 2. The van der Waals surface area contributed by atoms with Gasteiger partial charge >= 0.3 is 0 Å². The number of aryl methyl sites for hydroxylation is 1. The average Bonchev–Trinajstić information content (AvgIpc) is 2.45. The molecule has 3 unspecified atom stereocenters. The highest BCUT2D eigenvalue weighted by Crippen LogP contribution is 2.41. The molecule has 2 rings (SSSR count). The van der Waals surface area contributed by atoms with Crippen LogP contribution in [-0.4, -0.2) is 17.3 Å². The molecule has 1 aromatic rings. The minimum Gasteiger partial charge on any atom is -0.487 e. The van der Waals surface area contributed by atoms with Crippen molar-refractivity contribution in [2.45, 2.75) is 65.6 Å². The molecule has 1 N–H and O–H groups in total. The third-order valence-corrected chi connectivity index (χ3v) is 5.20. The number of benzene rings is 1. The fourth-order valence-corrected chi connectivity index (χ4v) is 3.10. The van der Waals surface area contributed by atoms with Gasteiger partial charge in [-0.1, -0.05) is 33.3 Å². The van der Waals surface area contributed by atoms with Crippen molar-refractivity contribution in [1.82, 2.24) is 0 Å². The second-order valence-electron chi connectivity index (χ2n) is 6.99. The molecule has 118 valence electrons. The van der Waals surface area contributed by atoms with Crippen molar-refractivity contribution in [3.05, 3.63) is 29.6 Å². The van der Waals surface area contributed by atoms with Crippen LogP contribution in [-0.2, 0) is 0 Å². The Bertz CT molecular complexity index is 484. The number of hydrogen-bond donors (Lipinski definition) is 1. The first-order chi connectivity index (χ1) is 9.83. The summed E-state index contributed by atoms with van der Waals surface area (Å²) < 4.78 is 19.3. The van der Waals surface area contributed by atoms with Gasteiger partial charge in [0.05, 0.1) is 6.10 Å². The summed E-state index contributed by atoms with van der Waals surface area (Å²) >= 11 is 0. The smallest absolute Gasteiger partial charge is 0.126 e. The first-order valence-electron chi connectivity index (χ1n) is 7.94. The molecule has 2 nitrogen and oxygen atoms in total. The Morgan fingerprint density at radius 3 is 2.71 bits per heavy atom. The van der Waals surface area contributed by atoms with Gasteiger partial charge in [-0.2, -0.15) is 0 Å². The van der Waals surface area contributed by atoms with Crippen LogP contribution in [0.1, 0.15) is 52.0 Å². The summed E-state index contributed by atoms with van der Waals surface area (Å²) in [5.74, 6) is 0.783. The van der Waals surface area contributed by atoms with E-state index in [9.17, 15) is 9.50 Å². The van der Waals surface area contributed by atoms with Crippen molar-refractivity contribution >= 4 is 0 Å². The molecular weight excluding hydrogens is 267 g/mol. The maximum atomic E-state index is 13.4. The fraction of sp³-hybridized carbons (Fsp3) is 0.667. The van der Waals surface area contributed by atoms with Gasteiger partial charge in [0, 0.05) is 6.07 Å². The lowest BCUT2D eigenvalue weighted by Gasteiger charge is -2.41. The van der Waals surface area contributed by atoms with Crippen molar-refractivity contribution in [1.29, 1.82) is 0 Å². The molecule has 0 heterocycles. The molecule has 3 atom stereocenters. The van der Waals surface area contributed by atoms with Crippen molar-refractivity contribution < 1.29 is 14.2 Å². The Kier molecular flexibility index (Phi) is 4.92. The molecule has 1 aliphatic carbocycles. The lowest BCUT2D eigenvalue weighted by molar-refractivity contribution is -0.0337. The lowest BCUT2D eigenvalue weighted by Crippen LogP contribution is -2.42. The number of aliphatic hydroxyl groups excluding tert-OH is 1. The van der Waals surface area contributed by atoms with Crippen LogP contribution in [0.5, 0.6) is 5.75 Å². The molecule has 3 heteroatoms. The summed E-state index contributed by atoms with van der Waals surface area (Å²) in [4.78, 5) is 0. The number of aliphatic hydroxyl groups is 1. The normalized spacial score (nSPS) is 26.7. The highest BCUT2D eigenvalue weighted by Gasteiger charge is 2.37. The van der Waals surface area contributed by atoms with Gasteiger partial charge in [0.15, 0.2) is 0 Å². The molecule has 0 bridgehead atoms. The van der Waals surface area contributed by atoms with Crippen molar-refractivity contribution in [3.63, 3.8) is 0 Å². The molecular formula is C18H27FO2. The van der Waals surface area contributed by atoms with E-state index in [0.29, 0.717) is 11.7 Å². The first-order valence-corrected chi connectivity index (χ1v) is 7.94. The number of halogens is 1. The summed E-state index contributed by atoms with van der Waals surface area (Å²) in [6, 6.07) is 4.56. The summed E-state index contributed by atoms with van der Waals surface area (Å²) in [5.41, 5.74) is 1.15. The second-order valence-corrected chi connectivity index (χ2v) is 6.99. The van der Waals surface area contributed by atoms with Gasteiger partial charge < -0.3 is 9.84 Å². The predicted octanol–water partition coefficient (Wildman–Crippen LogP) is 4.48. The van der Waals surface area contributed by atoms with E-state index in [2.05, 4.69) is 20.8 Å². The van der Waals surface area contributed by atoms with Gasteiger partial charge in [-0.15, -0.1) is 0 Å². The third kappa shape index (κ3) is 3.76. The lowest BCUT2D eigenvalue weighted by atomic mass is 9.68. The Hall–Kier alpha value is -1.09. The van der Waals surface area contributed by atoms with E-state index in [4.69, 9.17) is 4.74 Å². The van der Waals surface area contributed by atoms with Crippen molar-refractivity contribution in [2.24, 2.45) is 11.3 Å². The van der Waals surface area contributed by atoms with Gasteiger partial charge in [-0.25, -0.2) is 4.39 Å². The standard InChI is InChI=1S/C18H27FO2/c1-5-18(3,4)13-7-9-15(20)17(10-13)21-16-11-14(19)8-6-12(16)2/h6,8,11,13,15,17,20H,5,7,9-10H2,1-4H3. The van der Waals surface area contributed by atoms with Gasteiger partial charge in [-0.3, -0.25) is 0 Å². The van der Waals surface area contributed by atoms with Gasteiger partial charge in [0.25, 0.3) is 0 Å². The summed E-state index contributed by atoms with van der Waals surface area (Å²) in [5, 5.41) is 10.2. The van der Waals surface area contributed by atoms with Gasteiger partial charge in [-0.05, 0) is 49.1 Å². The molecule has 1 fully saturated rings. The molecule has 0 aromatic heterocycles. The second kappa shape index (κ2) is 6.35. The molecule has 0 amide bonds. The topological polar surface area (TPSA) is 29.5 Å². The summed E-state index contributed by atoms with van der Waals surface area (Å²) in [6.07, 6.45) is 3.03. The molecule has 1 aliphatic rings. The summed E-state index contributed by atoms with van der Waals surface area (Å²) in [7, 11) is 0. The van der Waals surface area contributed by atoms with Crippen LogP contribution in [0.15, 0.2) is 18.2 Å². The van der Waals surface area contributed by atoms with E-state index in [-0.39, 0.29) is 17.3 Å². The van der Waals surface area contributed by atoms with E-state index < -0.39 is 6.10 Å². The molecule has 0 saturated heterocycles. The average molecular weight is 294 g/mol. The number of ether oxygens (including phenoxy) is 1. The molecule has 0 aliphatic heterocycles. The largest absolute Gasteiger partial charge is 0.487 e. The van der Waals surface area contributed by atoms with Crippen LogP contribution in [0, 0.1) is 24.1 Å². The van der Waals surface area contributed by atoms with E-state index in [0.717, 1.165) is 31.2 Å². The molecule has 0 radical (unpaired) electrons. The van der Waals surface area contributed by atoms with Crippen LogP contribution in [0.2, 0.25) is 0 Å². The predicted molar refractivity (Wildman–Crippen MR) is 83.0 cm³/mol. The van der Waals surface area contributed by atoms with Crippen molar-refractivity contribution in [3.8, 4) is 5.75 Å². The fourth-order valence-electron chi connectivity index (χ4n) is 3.10. The zero-order valence-corrected chi connectivity index (χ0v) is 13.5. The van der Waals surface area contributed by atoms with Gasteiger partial charge in [0.2, 0.25) is 0 Å². The third-order valence-electron chi connectivity index (χ3n) is 5.20. The molecule has 21 heavy (non-hydrogen) atoms. The highest BCUT2D eigenvalue weighted by atomic mass is 19.1. The SMILES string of the molecule is CCC(C)(C)C1CCC(O)C(Oc2cc(F)ccc2C)C1. The monoisotopic (exact) mass is 294 g/mol. The molecule has 1 saturated carbocycles. The van der Waals surface area contributed by atoms with E-state index >= 15 is 0 Å². The Morgan fingerprint density at radius 2 is 2.05 bits per heavy atom. The maximum absolute atomic E-state index is 13.4. The zero-order chi connectivity index (χ0) is 15.6. The van der Waals surface area contributed by atoms with Crippen LogP contribution in [0.3, 0.4) is 0 Å². The van der Waals surface area contributed by atoms with Gasteiger partial charge in [0.1, 0.15) is 17.7 Å². The number of rotatable bonds is 4. The van der Waals surface area contributed by atoms with Crippen LogP contribution in [0.25, 0.3) is 0 Å². The minimum absolute atomic E-state index is 0.241. The summed E-state index contributed by atoms with van der Waals surface area (Å²) in [6.45, 7) is 8.66. The quantitative estimate of drug-likeness (QED) is 0.887. The van der Waals surface area contributed by atoms with E-state index in [1.807, 2.05) is 6.92 Å². The molecule has 1 aromatic carbocycles. The van der Waals surface area contributed by atoms with E-state index in [1.54, 1.807) is 6.07 Å². The van der Waals surface area contributed by atoms with Crippen LogP contribution < -0.4 is 4.74 Å². The first kappa shape index (κ1) is 16.3.